The first-order valence-electron chi connectivity index (χ1n) is 6.79. The first-order chi connectivity index (χ1) is 7.84. The molecule has 2 nitrogen and oxygen atoms in total. The highest BCUT2D eigenvalue weighted by molar-refractivity contribution is 5.10. The van der Waals surface area contributed by atoms with Gasteiger partial charge in [-0.3, -0.25) is 0 Å². The number of hydrogen-bond donors (Lipinski definition) is 0. The average molecular weight is 226 g/mol. The van der Waals surface area contributed by atoms with E-state index in [-0.39, 0.29) is 0 Å². The van der Waals surface area contributed by atoms with Crippen LogP contribution in [0.5, 0.6) is 0 Å². The van der Waals surface area contributed by atoms with Gasteiger partial charge in [0.05, 0.1) is 12.2 Å². The SMILES string of the molecule is C=O.CC1CCC(OC2CCCCC2)CC1. The minimum atomic E-state index is 0.606. The Morgan fingerprint density at radius 3 is 1.88 bits per heavy atom. The molecule has 0 atom stereocenters. The van der Waals surface area contributed by atoms with Crippen LogP contribution in [0.1, 0.15) is 64.7 Å². The van der Waals surface area contributed by atoms with Crippen LogP contribution < -0.4 is 0 Å². The lowest BCUT2D eigenvalue weighted by Crippen LogP contribution is -2.27. The summed E-state index contributed by atoms with van der Waals surface area (Å²) in [6.45, 7) is 4.37. The average Bonchev–Trinajstić information content (AvgIpc) is 2.36. The molecule has 2 saturated carbocycles. The van der Waals surface area contributed by atoms with Crippen molar-refractivity contribution in [3.63, 3.8) is 0 Å². The van der Waals surface area contributed by atoms with E-state index in [9.17, 15) is 0 Å². The van der Waals surface area contributed by atoms with Crippen molar-refractivity contribution >= 4 is 6.79 Å². The molecule has 0 aromatic rings. The van der Waals surface area contributed by atoms with E-state index < -0.39 is 0 Å². The molecule has 0 amide bonds. The van der Waals surface area contributed by atoms with Crippen molar-refractivity contribution in [1.29, 1.82) is 0 Å². The van der Waals surface area contributed by atoms with Crippen LogP contribution in [0, 0.1) is 5.92 Å². The second-order valence-electron chi connectivity index (χ2n) is 5.28. The maximum atomic E-state index is 8.00. The van der Waals surface area contributed by atoms with Gasteiger partial charge in [-0.2, -0.15) is 0 Å². The normalized spacial score (nSPS) is 31.6. The third-order valence-electron chi connectivity index (χ3n) is 3.90. The molecule has 2 fully saturated rings. The molecule has 16 heavy (non-hydrogen) atoms. The van der Waals surface area contributed by atoms with E-state index in [1.54, 1.807) is 0 Å². The molecule has 0 saturated heterocycles. The Kier molecular flexibility index (Phi) is 6.70. The molecule has 0 aliphatic heterocycles. The van der Waals surface area contributed by atoms with Gasteiger partial charge >= 0.3 is 0 Å². The van der Waals surface area contributed by atoms with Crippen LogP contribution in [-0.4, -0.2) is 19.0 Å². The Bertz CT molecular complexity index is 168. The summed E-state index contributed by atoms with van der Waals surface area (Å²) >= 11 is 0. The fourth-order valence-electron chi connectivity index (χ4n) is 2.84. The van der Waals surface area contributed by atoms with Crippen LogP contribution in [-0.2, 0) is 9.53 Å². The lowest BCUT2D eigenvalue weighted by Gasteiger charge is -2.31. The Morgan fingerprint density at radius 1 is 0.812 bits per heavy atom. The van der Waals surface area contributed by atoms with Crippen molar-refractivity contribution < 1.29 is 9.53 Å². The first kappa shape index (κ1) is 13.7. The van der Waals surface area contributed by atoms with Gasteiger partial charge in [-0.1, -0.05) is 26.2 Å². The molecule has 0 aromatic heterocycles. The first-order valence-corrected chi connectivity index (χ1v) is 6.79. The summed E-state index contributed by atoms with van der Waals surface area (Å²) in [5.74, 6) is 0.946. The third-order valence-corrected chi connectivity index (χ3v) is 3.90. The van der Waals surface area contributed by atoms with Crippen molar-refractivity contribution in [2.75, 3.05) is 0 Å². The number of carbonyl (C=O) groups excluding carboxylic acids is 1. The quantitative estimate of drug-likeness (QED) is 0.717. The molecule has 2 aliphatic rings. The predicted octanol–water partition coefficient (Wildman–Crippen LogP) is 3.73. The van der Waals surface area contributed by atoms with E-state index in [0.717, 1.165) is 5.92 Å². The molecule has 0 heterocycles. The Hall–Kier alpha value is -0.370. The molecule has 94 valence electrons. The lowest BCUT2D eigenvalue weighted by atomic mass is 9.88. The standard InChI is InChI=1S/C13H24O.CH2O/c1-11-7-9-13(10-8-11)14-12-5-3-2-4-6-12;1-2/h11-13H,2-10H2,1H3;1H2. The minimum Gasteiger partial charge on any atom is -0.375 e. The zero-order valence-corrected chi connectivity index (χ0v) is 10.6. The number of rotatable bonds is 2. The van der Waals surface area contributed by atoms with E-state index in [1.165, 1.54) is 57.8 Å². The molecule has 2 heteroatoms. The summed E-state index contributed by atoms with van der Waals surface area (Å²) in [5.41, 5.74) is 0. The largest absolute Gasteiger partial charge is 0.375 e. The molecular formula is C14H26O2. The maximum absolute atomic E-state index is 8.00. The molecule has 0 aromatic carbocycles. The Labute approximate surface area is 99.8 Å². The topological polar surface area (TPSA) is 26.3 Å². The molecule has 0 radical (unpaired) electrons. The fourth-order valence-corrected chi connectivity index (χ4v) is 2.84. The zero-order valence-electron chi connectivity index (χ0n) is 10.6. The van der Waals surface area contributed by atoms with E-state index >= 15 is 0 Å². The lowest BCUT2D eigenvalue weighted by molar-refractivity contribution is -0.0979. The van der Waals surface area contributed by atoms with E-state index in [0.29, 0.717) is 12.2 Å². The molecule has 0 spiro atoms. The van der Waals surface area contributed by atoms with Crippen LogP contribution in [0.15, 0.2) is 0 Å². The predicted molar refractivity (Wildman–Crippen MR) is 66.5 cm³/mol. The fraction of sp³-hybridized carbons (Fsp3) is 0.929. The summed E-state index contributed by atoms with van der Waals surface area (Å²) in [6.07, 6.45) is 13.5. The van der Waals surface area contributed by atoms with Gasteiger partial charge in [0.1, 0.15) is 6.79 Å². The summed E-state index contributed by atoms with van der Waals surface area (Å²) < 4.78 is 6.18. The minimum absolute atomic E-state index is 0.606. The van der Waals surface area contributed by atoms with Gasteiger partial charge in [0, 0.05) is 0 Å². The second kappa shape index (κ2) is 7.83. The number of hydrogen-bond acceptors (Lipinski definition) is 2. The molecule has 0 bridgehead atoms. The highest BCUT2D eigenvalue weighted by atomic mass is 16.5. The Morgan fingerprint density at radius 2 is 1.31 bits per heavy atom. The summed E-state index contributed by atoms with van der Waals surface area (Å²) in [7, 11) is 0. The summed E-state index contributed by atoms with van der Waals surface area (Å²) in [5, 5.41) is 0. The van der Waals surface area contributed by atoms with Crippen LogP contribution >= 0.6 is 0 Å². The van der Waals surface area contributed by atoms with E-state index in [1.807, 2.05) is 6.79 Å². The van der Waals surface area contributed by atoms with Gasteiger partial charge in [0.25, 0.3) is 0 Å². The molecule has 0 N–H and O–H groups in total. The van der Waals surface area contributed by atoms with Gasteiger partial charge < -0.3 is 9.53 Å². The highest BCUT2D eigenvalue weighted by Crippen LogP contribution is 2.29. The van der Waals surface area contributed by atoms with E-state index in [4.69, 9.17) is 9.53 Å². The second-order valence-corrected chi connectivity index (χ2v) is 5.28. The highest BCUT2D eigenvalue weighted by Gasteiger charge is 2.23. The van der Waals surface area contributed by atoms with Crippen LogP contribution in [0.25, 0.3) is 0 Å². The number of ether oxygens (including phenoxy) is 1. The van der Waals surface area contributed by atoms with Gasteiger partial charge in [-0.15, -0.1) is 0 Å². The summed E-state index contributed by atoms with van der Waals surface area (Å²) in [4.78, 5) is 8.00. The molecular weight excluding hydrogens is 200 g/mol. The molecule has 2 rings (SSSR count). The monoisotopic (exact) mass is 226 g/mol. The van der Waals surface area contributed by atoms with E-state index in [2.05, 4.69) is 6.92 Å². The van der Waals surface area contributed by atoms with Gasteiger partial charge in [-0.25, -0.2) is 0 Å². The van der Waals surface area contributed by atoms with Crippen LogP contribution in [0.3, 0.4) is 0 Å². The zero-order chi connectivity index (χ0) is 11.8. The van der Waals surface area contributed by atoms with Gasteiger partial charge in [-0.05, 0) is 44.4 Å². The van der Waals surface area contributed by atoms with Gasteiger partial charge in [0.15, 0.2) is 0 Å². The smallest absolute Gasteiger partial charge is 0.106 e. The van der Waals surface area contributed by atoms with Crippen molar-refractivity contribution in [1.82, 2.24) is 0 Å². The Balaban J connectivity index is 0.000000606. The van der Waals surface area contributed by atoms with Crippen molar-refractivity contribution in [3.8, 4) is 0 Å². The van der Waals surface area contributed by atoms with Crippen LogP contribution in [0.2, 0.25) is 0 Å². The van der Waals surface area contributed by atoms with Crippen molar-refractivity contribution in [2.45, 2.75) is 76.9 Å². The summed E-state index contributed by atoms with van der Waals surface area (Å²) in [6, 6.07) is 0. The van der Waals surface area contributed by atoms with Crippen LogP contribution in [0.4, 0.5) is 0 Å². The third kappa shape index (κ3) is 4.65. The number of carbonyl (C=O) groups is 1. The molecule has 0 unspecified atom stereocenters. The molecule has 2 aliphatic carbocycles. The maximum Gasteiger partial charge on any atom is 0.106 e. The van der Waals surface area contributed by atoms with Crippen molar-refractivity contribution in [2.24, 2.45) is 5.92 Å². The van der Waals surface area contributed by atoms with Gasteiger partial charge in [0.2, 0.25) is 0 Å². The van der Waals surface area contributed by atoms with Crippen molar-refractivity contribution in [3.05, 3.63) is 0 Å².